The maximum absolute atomic E-state index is 13.2. The Bertz CT molecular complexity index is 1060. The van der Waals surface area contributed by atoms with Crippen molar-refractivity contribution in [1.29, 1.82) is 0 Å². The average Bonchev–Trinajstić information content (AvgIpc) is 3.10. The van der Waals surface area contributed by atoms with Gasteiger partial charge in [0.1, 0.15) is 6.04 Å². The van der Waals surface area contributed by atoms with Crippen molar-refractivity contribution in [2.45, 2.75) is 18.1 Å². The number of hydrogen-bond donors (Lipinski definition) is 2. The van der Waals surface area contributed by atoms with Crippen LogP contribution in [0.25, 0.3) is 0 Å². The number of carbonyl (C=O) groups is 1. The SMILES string of the molecule is CSc1nc2n(n1)[C@@H](c1cccc(Br)c1)C(C(=O)Nc1ccccc1)=C(C)N2. The Morgan fingerprint density at radius 2 is 2.00 bits per heavy atom. The van der Waals surface area contributed by atoms with E-state index in [1.807, 2.05) is 67.8 Å². The highest BCUT2D eigenvalue weighted by atomic mass is 79.9. The first-order valence-electron chi connectivity index (χ1n) is 8.67. The zero-order chi connectivity index (χ0) is 19.7. The van der Waals surface area contributed by atoms with Gasteiger partial charge < -0.3 is 10.6 Å². The fourth-order valence-electron chi connectivity index (χ4n) is 3.22. The second kappa shape index (κ2) is 7.81. The summed E-state index contributed by atoms with van der Waals surface area (Å²) in [5.41, 5.74) is 3.06. The number of aromatic nitrogens is 3. The van der Waals surface area contributed by atoms with Crippen LogP contribution < -0.4 is 10.6 Å². The largest absolute Gasteiger partial charge is 0.328 e. The van der Waals surface area contributed by atoms with E-state index < -0.39 is 0 Å². The van der Waals surface area contributed by atoms with Crippen LogP contribution in [0.2, 0.25) is 0 Å². The number of hydrogen-bond acceptors (Lipinski definition) is 5. The Balaban J connectivity index is 1.81. The van der Waals surface area contributed by atoms with Crippen LogP contribution in [0.1, 0.15) is 18.5 Å². The Kier molecular flexibility index (Phi) is 5.23. The number of thioether (sulfide) groups is 1. The first-order valence-corrected chi connectivity index (χ1v) is 10.7. The third-order valence-corrected chi connectivity index (χ3v) is 5.49. The highest BCUT2D eigenvalue weighted by molar-refractivity contribution is 9.10. The quantitative estimate of drug-likeness (QED) is 0.558. The van der Waals surface area contributed by atoms with Crippen molar-refractivity contribution in [3.63, 3.8) is 0 Å². The zero-order valence-corrected chi connectivity index (χ0v) is 17.7. The van der Waals surface area contributed by atoms with Crippen molar-refractivity contribution in [2.24, 2.45) is 0 Å². The minimum absolute atomic E-state index is 0.173. The van der Waals surface area contributed by atoms with Crippen molar-refractivity contribution < 1.29 is 4.79 Å². The number of rotatable bonds is 4. The summed E-state index contributed by atoms with van der Waals surface area (Å²) in [5.74, 6) is 0.455. The lowest BCUT2D eigenvalue weighted by Crippen LogP contribution is -2.31. The molecule has 28 heavy (non-hydrogen) atoms. The Morgan fingerprint density at radius 1 is 1.21 bits per heavy atom. The van der Waals surface area contributed by atoms with Gasteiger partial charge >= 0.3 is 0 Å². The second-order valence-corrected chi connectivity index (χ2v) is 8.00. The molecule has 1 aliphatic rings. The molecule has 0 saturated heterocycles. The van der Waals surface area contributed by atoms with Crippen LogP contribution in [0.3, 0.4) is 0 Å². The summed E-state index contributed by atoms with van der Waals surface area (Å²) in [6.07, 6.45) is 1.93. The van der Waals surface area contributed by atoms with E-state index >= 15 is 0 Å². The smallest absolute Gasteiger partial charge is 0.255 e. The number of halogens is 1. The van der Waals surface area contributed by atoms with Crippen molar-refractivity contribution >= 4 is 45.2 Å². The predicted molar refractivity (Wildman–Crippen MR) is 115 cm³/mol. The number of allylic oxidation sites excluding steroid dienone is 1. The molecule has 0 fully saturated rings. The van der Waals surface area contributed by atoms with Crippen molar-refractivity contribution in [2.75, 3.05) is 16.9 Å². The van der Waals surface area contributed by atoms with E-state index in [9.17, 15) is 4.79 Å². The molecule has 0 spiro atoms. The lowest BCUT2D eigenvalue weighted by atomic mass is 9.95. The first kappa shape index (κ1) is 18.8. The average molecular weight is 456 g/mol. The van der Waals surface area contributed by atoms with Crippen LogP contribution in [0, 0.1) is 0 Å². The number of amides is 1. The van der Waals surface area contributed by atoms with E-state index in [0.29, 0.717) is 16.7 Å². The van der Waals surface area contributed by atoms with Gasteiger partial charge in [0, 0.05) is 15.9 Å². The molecule has 0 saturated carbocycles. The van der Waals surface area contributed by atoms with Crippen LogP contribution in [0.4, 0.5) is 11.6 Å². The second-order valence-electron chi connectivity index (χ2n) is 6.31. The van der Waals surface area contributed by atoms with Crippen LogP contribution >= 0.6 is 27.7 Å². The van der Waals surface area contributed by atoms with Gasteiger partial charge in [-0.25, -0.2) is 4.68 Å². The lowest BCUT2D eigenvalue weighted by Gasteiger charge is -2.28. The van der Waals surface area contributed by atoms with Crippen molar-refractivity contribution in [3.05, 3.63) is 75.9 Å². The van der Waals surface area contributed by atoms with E-state index in [-0.39, 0.29) is 11.9 Å². The molecule has 1 aromatic heterocycles. The summed E-state index contributed by atoms with van der Waals surface area (Å²) in [6.45, 7) is 1.89. The topological polar surface area (TPSA) is 71.8 Å². The molecule has 1 aliphatic heterocycles. The molecule has 0 radical (unpaired) electrons. The summed E-state index contributed by atoms with van der Waals surface area (Å²) in [6, 6.07) is 17.0. The van der Waals surface area contributed by atoms with Gasteiger partial charge in [0.25, 0.3) is 5.91 Å². The maximum Gasteiger partial charge on any atom is 0.255 e. The highest BCUT2D eigenvalue weighted by Crippen LogP contribution is 2.37. The monoisotopic (exact) mass is 455 g/mol. The third-order valence-electron chi connectivity index (χ3n) is 4.46. The maximum atomic E-state index is 13.2. The molecule has 3 aromatic rings. The molecular weight excluding hydrogens is 438 g/mol. The number of fused-ring (bicyclic) bond motifs is 1. The van der Waals surface area contributed by atoms with Gasteiger partial charge in [-0.15, -0.1) is 5.10 Å². The van der Waals surface area contributed by atoms with Gasteiger partial charge in [-0.2, -0.15) is 4.98 Å². The van der Waals surface area contributed by atoms with Crippen molar-refractivity contribution in [3.8, 4) is 0 Å². The minimum Gasteiger partial charge on any atom is -0.328 e. The molecule has 6 nitrogen and oxygen atoms in total. The molecule has 0 unspecified atom stereocenters. The number of benzene rings is 2. The molecule has 1 amide bonds. The molecule has 2 N–H and O–H groups in total. The Morgan fingerprint density at radius 3 is 2.71 bits per heavy atom. The third kappa shape index (κ3) is 3.57. The molecule has 2 heterocycles. The molecule has 0 bridgehead atoms. The number of nitrogens with one attached hydrogen (secondary N) is 2. The normalized spacial score (nSPS) is 15.8. The van der Waals surface area contributed by atoms with Crippen LogP contribution in [0.5, 0.6) is 0 Å². The summed E-state index contributed by atoms with van der Waals surface area (Å²) in [5, 5.41) is 11.5. The predicted octanol–water partition coefficient (Wildman–Crippen LogP) is 4.69. The van der Waals surface area contributed by atoms with Gasteiger partial charge in [0.15, 0.2) is 0 Å². The van der Waals surface area contributed by atoms with Crippen LogP contribution in [-0.2, 0) is 4.79 Å². The van der Waals surface area contributed by atoms with E-state index in [4.69, 9.17) is 0 Å². The summed E-state index contributed by atoms with van der Waals surface area (Å²) in [4.78, 5) is 17.8. The number of para-hydroxylation sites is 1. The van der Waals surface area contributed by atoms with E-state index in [0.717, 1.165) is 21.4 Å². The van der Waals surface area contributed by atoms with Crippen molar-refractivity contribution in [1.82, 2.24) is 14.8 Å². The highest BCUT2D eigenvalue weighted by Gasteiger charge is 2.34. The number of nitrogens with zero attached hydrogens (tertiary/aromatic N) is 3. The van der Waals surface area contributed by atoms with Gasteiger partial charge in [0.05, 0.1) is 5.57 Å². The summed E-state index contributed by atoms with van der Waals surface area (Å²) >= 11 is 5.00. The van der Waals surface area contributed by atoms with Crippen LogP contribution in [-0.4, -0.2) is 26.9 Å². The first-order chi connectivity index (χ1) is 13.6. The molecule has 2 aromatic carbocycles. The number of anilines is 2. The standard InChI is InChI=1S/C20H18BrN5OS/c1-12-16(18(27)23-15-9-4-3-5-10-15)17(13-7-6-8-14(21)11-13)26-19(22-12)24-20(25-26)28-2/h3-11,17H,1-2H3,(H,23,27)(H,22,24,25)/t17-/m0/s1. The molecular formula is C20H18BrN5OS. The molecule has 4 rings (SSSR count). The number of carbonyl (C=O) groups excluding carboxylic acids is 1. The molecule has 142 valence electrons. The minimum atomic E-state index is -0.383. The van der Waals surface area contributed by atoms with Gasteiger partial charge in [-0.3, -0.25) is 4.79 Å². The Hall–Kier alpha value is -2.58. The van der Waals surface area contributed by atoms with Crippen LogP contribution in [0.15, 0.2) is 75.5 Å². The van der Waals surface area contributed by atoms with E-state index in [1.54, 1.807) is 4.68 Å². The van der Waals surface area contributed by atoms with Gasteiger partial charge in [0.2, 0.25) is 11.1 Å². The molecule has 0 aliphatic carbocycles. The fourth-order valence-corrected chi connectivity index (χ4v) is 3.98. The fraction of sp³-hybridized carbons (Fsp3) is 0.150. The van der Waals surface area contributed by atoms with Gasteiger partial charge in [-0.05, 0) is 43.0 Å². The van der Waals surface area contributed by atoms with E-state index in [1.165, 1.54) is 11.8 Å². The van der Waals surface area contributed by atoms with Gasteiger partial charge in [-0.1, -0.05) is 58.0 Å². The Labute approximate surface area is 175 Å². The lowest BCUT2D eigenvalue weighted by molar-refractivity contribution is -0.113. The van der Waals surface area contributed by atoms with E-state index in [2.05, 4.69) is 36.6 Å². The molecule has 8 heteroatoms. The summed E-state index contributed by atoms with van der Waals surface area (Å²) < 4.78 is 2.72. The summed E-state index contributed by atoms with van der Waals surface area (Å²) in [7, 11) is 0. The zero-order valence-electron chi connectivity index (χ0n) is 15.3. The molecule has 1 atom stereocenters.